The van der Waals surface area contributed by atoms with Crippen molar-refractivity contribution in [2.75, 3.05) is 20.2 Å². The van der Waals surface area contributed by atoms with E-state index in [4.69, 9.17) is 11.3 Å². The van der Waals surface area contributed by atoms with Crippen molar-refractivity contribution in [2.45, 2.75) is 45.6 Å². The lowest BCUT2D eigenvalue weighted by Gasteiger charge is -2.40. The van der Waals surface area contributed by atoms with Gasteiger partial charge in [0.05, 0.1) is 24.8 Å². The molecule has 10 heteroatoms. The van der Waals surface area contributed by atoms with Gasteiger partial charge in [-0.3, -0.25) is 9.69 Å². The Balaban J connectivity index is 1.44. The molecular formula is C28H29F3N4O3. The molecule has 0 unspecified atom stereocenters. The summed E-state index contributed by atoms with van der Waals surface area (Å²) in [4.78, 5) is 23.1. The van der Waals surface area contributed by atoms with E-state index >= 15 is 0 Å². The number of alkyl halides is 3. The summed E-state index contributed by atoms with van der Waals surface area (Å²) in [5, 5.41) is 0. The summed E-state index contributed by atoms with van der Waals surface area (Å²) in [7, 11) is 1.34. The second-order valence-electron chi connectivity index (χ2n) is 9.58. The van der Waals surface area contributed by atoms with Crippen LogP contribution >= 0.6 is 0 Å². The number of carbonyl (C=O) groups excluding carboxylic acids is 1. The molecule has 2 aromatic carbocycles. The van der Waals surface area contributed by atoms with Gasteiger partial charge in [0.2, 0.25) is 0 Å². The molecule has 0 bridgehead atoms. The van der Waals surface area contributed by atoms with E-state index in [1.807, 2.05) is 25.3 Å². The summed E-state index contributed by atoms with van der Waals surface area (Å²) in [5.41, 5.74) is 2.46. The van der Waals surface area contributed by atoms with Crippen LogP contribution in [0.4, 0.5) is 18.9 Å². The minimum absolute atomic E-state index is 0.264. The highest BCUT2D eigenvalue weighted by Crippen LogP contribution is 2.38. The highest BCUT2D eigenvalue weighted by Gasteiger charge is 2.42. The van der Waals surface area contributed by atoms with Crippen LogP contribution in [0, 0.1) is 18.9 Å². The molecule has 0 atom stereocenters. The number of rotatable bonds is 8. The first-order valence-electron chi connectivity index (χ1n) is 12.2. The fourth-order valence-corrected chi connectivity index (χ4v) is 5.00. The Kier molecular flexibility index (Phi) is 8.07. The molecule has 0 saturated carbocycles. The smallest absolute Gasteiger partial charge is 0.469 e. The van der Waals surface area contributed by atoms with Crippen LogP contribution in [0.25, 0.3) is 4.85 Å². The molecule has 200 valence electrons. The van der Waals surface area contributed by atoms with Crippen LogP contribution in [0.2, 0.25) is 0 Å². The molecule has 3 aromatic rings. The van der Waals surface area contributed by atoms with E-state index in [0.29, 0.717) is 50.3 Å². The zero-order valence-corrected chi connectivity index (χ0v) is 21.3. The van der Waals surface area contributed by atoms with E-state index in [9.17, 15) is 18.0 Å². The molecule has 0 N–H and O–H groups in total. The second-order valence-corrected chi connectivity index (χ2v) is 9.58. The van der Waals surface area contributed by atoms with E-state index in [1.165, 1.54) is 25.3 Å². The molecule has 1 saturated heterocycles. The molecule has 0 aliphatic carbocycles. The molecule has 1 fully saturated rings. The van der Waals surface area contributed by atoms with Gasteiger partial charge in [0.1, 0.15) is 11.6 Å². The lowest BCUT2D eigenvalue weighted by Crippen LogP contribution is -2.46. The zero-order valence-electron chi connectivity index (χ0n) is 21.3. The number of ether oxygens (including phenoxy) is 2. The van der Waals surface area contributed by atoms with Gasteiger partial charge >= 0.3 is 12.3 Å². The van der Waals surface area contributed by atoms with Gasteiger partial charge in [0.25, 0.3) is 0 Å². The average molecular weight is 527 g/mol. The lowest BCUT2D eigenvalue weighted by atomic mass is 9.73. The number of hydrogen-bond donors (Lipinski definition) is 0. The fraction of sp³-hybridized carbons (Fsp3) is 0.393. The number of imidazole rings is 1. The van der Waals surface area contributed by atoms with Crippen molar-refractivity contribution >= 4 is 11.7 Å². The first-order valence-corrected chi connectivity index (χ1v) is 12.2. The standard InChI is InChI=1S/C28H29F3N4O3/c1-20-33-17-24(35(20)18-21-7-9-23(32-2)10-8-21)19-34-13-11-27(12-14-34,26(36)37-3)16-22-5-4-6-25(15-22)38-28(29,30)31/h4-10,15,17H,11-14,16,18-19H2,1,3H3. The zero-order chi connectivity index (χ0) is 27.3. The van der Waals surface area contributed by atoms with Gasteiger partial charge in [-0.05, 0) is 62.5 Å². The molecule has 2 heterocycles. The van der Waals surface area contributed by atoms with Crippen molar-refractivity contribution in [2.24, 2.45) is 5.41 Å². The number of piperidine rings is 1. The molecule has 0 spiro atoms. The summed E-state index contributed by atoms with van der Waals surface area (Å²) in [6.45, 7) is 11.6. The predicted octanol–water partition coefficient (Wildman–Crippen LogP) is 5.69. The number of hydrogen-bond acceptors (Lipinski definition) is 5. The lowest BCUT2D eigenvalue weighted by molar-refractivity contribution is -0.274. The van der Waals surface area contributed by atoms with E-state index in [1.54, 1.807) is 18.2 Å². The number of likely N-dealkylation sites (tertiary alicyclic amines) is 1. The molecule has 1 aliphatic rings. The normalized spacial score (nSPS) is 15.6. The van der Waals surface area contributed by atoms with Crippen LogP contribution < -0.4 is 4.74 Å². The average Bonchev–Trinajstić information content (AvgIpc) is 3.23. The first-order chi connectivity index (χ1) is 18.1. The Bertz CT molecular complexity index is 1300. The highest BCUT2D eigenvalue weighted by molar-refractivity contribution is 5.77. The second kappa shape index (κ2) is 11.3. The number of benzene rings is 2. The van der Waals surface area contributed by atoms with Crippen LogP contribution in [0.1, 0.15) is 35.5 Å². The third-order valence-corrected chi connectivity index (χ3v) is 7.04. The summed E-state index contributed by atoms with van der Waals surface area (Å²) in [6.07, 6.45) is -1.64. The van der Waals surface area contributed by atoms with E-state index in [2.05, 4.69) is 24.0 Å². The molecular weight excluding hydrogens is 497 g/mol. The van der Waals surface area contributed by atoms with E-state index in [0.717, 1.165) is 17.1 Å². The number of esters is 1. The third-order valence-electron chi connectivity index (χ3n) is 7.04. The summed E-state index contributed by atoms with van der Waals surface area (Å²) in [6, 6.07) is 13.3. The van der Waals surface area contributed by atoms with Crippen LogP contribution in [0.5, 0.6) is 5.75 Å². The molecule has 1 aromatic heterocycles. The maximum Gasteiger partial charge on any atom is 0.573 e. The maximum absolute atomic E-state index is 12.9. The Morgan fingerprint density at radius 3 is 2.45 bits per heavy atom. The van der Waals surface area contributed by atoms with Crippen molar-refractivity contribution in [3.8, 4) is 5.75 Å². The molecule has 7 nitrogen and oxygen atoms in total. The van der Waals surface area contributed by atoms with Crippen molar-refractivity contribution in [3.05, 3.63) is 88.8 Å². The SMILES string of the molecule is [C-]#[N+]c1ccc(Cn2c(CN3CCC(Cc4cccc(OC(F)(F)F)c4)(C(=O)OC)CC3)cnc2C)cc1. The summed E-state index contributed by atoms with van der Waals surface area (Å²) in [5.74, 6) is 0.221. The van der Waals surface area contributed by atoms with Gasteiger partial charge < -0.3 is 14.0 Å². The number of carbonyl (C=O) groups is 1. The minimum atomic E-state index is -4.78. The van der Waals surface area contributed by atoms with Gasteiger partial charge in [-0.15, -0.1) is 13.2 Å². The molecule has 0 radical (unpaired) electrons. The van der Waals surface area contributed by atoms with Crippen molar-refractivity contribution in [1.29, 1.82) is 0 Å². The van der Waals surface area contributed by atoms with Gasteiger partial charge in [-0.2, -0.15) is 0 Å². The molecule has 1 aliphatic heterocycles. The van der Waals surface area contributed by atoms with Crippen molar-refractivity contribution in [1.82, 2.24) is 14.5 Å². The van der Waals surface area contributed by atoms with Gasteiger partial charge in [-0.25, -0.2) is 9.83 Å². The Morgan fingerprint density at radius 1 is 1.11 bits per heavy atom. The van der Waals surface area contributed by atoms with Gasteiger partial charge in [-0.1, -0.05) is 36.4 Å². The number of aryl methyl sites for hydroxylation is 1. The third kappa shape index (κ3) is 6.53. The summed E-state index contributed by atoms with van der Waals surface area (Å²) < 4.78 is 49.4. The van der Waals surface area contributed by atoms with Gasteiger partial charge in [0.15, 0.2) is 5.69 Å². The Morgan fingerprint density at radius 2 is 1.82 bits per heavy atom. The minimum Gasteiger partial charge on any atom is -0.469 e. The van der Waals surface area contributed by atoms with Gasteiger partial charge in [0, 0.05) is 19.3 Å². The number of halogens is 3. The monoisotopic (exact) mass is 526 g/mol. The van der Waals surface area contributed by atoms with E-state index < -0.39 is 11.8 Å². The quantitative estimate of drug-likeness (QED) is 0.279. The van der Waals surface area contributed by atoms with Crippen molar-refractivity contribution < 1.29 is 27.4 Å². The molecule has 4 rings (SSSR count). The molecule has 0 amide bonds. The largest absolute Gasteiger partial charge is 0.573 e. The Hall–Kier alpha value is -3.84. The number of aromatic nitrogens is 2. The van der Waals surface area contributed by atoms with Crippen molar-refractivity contribution in [3.63, 3.8) is 0 Å². The predicted molar refractivity (Wildman–Crippen MR) is 135 cm³/mol. The van der Waals surface area contributed by atoms with E-state index in [-0.39, 0.29) is 18.1 Å². The number of nitrogens with zero attached hydrogens (tertiary/aromatic N) is 4. The molecule has 38 heavy (non-hydrogen) atoms. The first kappa shape index (κ1) is 27.2. The topological polar surface area (TPSA) is 61.0 Å². The Labute approximate surface area is 219 Å². The summed E-state index contributed by atoms with van der Waals surface area (Å²) >= 11 is 0. The van der Waals surface area contributed by atoms with Crippen LogP contribution in [-0.4, -0.2) is 47.0 Å². The fourth-order valence-electron chi connectivity index (χ4n) is 5.00. The maximum atomic E-state index is 12.9. The van der Waals surface area contributed by atoms with Crippen LogP contribution in [0.3, 0.4) is 0 Å². The number of methoxy groups -OCH3 is 1. The highest BCUT2D eigenvalue weighted by atomic mass is 19.4. The van der Waals surface area contributed by atoms with Crippen LogP contribution in [0.15, 0.2) is 54.7 Å². The van der Waals surface area contributed by atoms with Crippen LogP contribution in [-0.2, 0) is 29.0 Å².